The Morgan fingerprint density at radius 3 is 2.75 bits per heavy atom. The monoisotopic (exact) mass is 273 g/mol. The molecule has 0 aliphatic rings. The van der Waals surface area contributed by atoms with Gasteiger partial charge < -0.3 is 15.7 Å². The Balaban J connectivity index is 3.15. The molecule has 1 aromatic carbocycles. The number of benzene rings is 1. The Kier molecular flexibility index (Phi) is 5.60. The predicted octanol–water partition coefficient (Wildman–Crippen LogP) is 2.44. The van der Waals surface area contributed by atoms with Gasteiger partial charge in [-0.1, -0.05) is 19.4 Å². The van der Waals surface area contributed by atoms with Gasteiger partial charge in [-0.05, 0) is 31.0 Å². The minimum atomic E-state index is -1.07. The molecule has 3 N–H and O–H groups in total. The summed E-state index contributed by atoms with van der Waals surface area (Å²) in [5.74, 6) is -1.07. The molecule has 0 saturated heterocycles. The first-order valence-electron chi connectivity index (χ1n) is 6.47. The lowest BCUT2D eigenvalue weighted by Gasteiger charge is -2.22. The molecular formula is C15H19N3O2. The molecule has 0 spiro atoms. The number of allylic oxidation sites excluding steroid dienone is 1. The summed E-state index contributed by atoms with van der Waals surface area (Å²) in [4.78, 5) is 12.9. The Bertz CT molecular complexity index is 558. The van der Waals surface area contributed by atoms with Crippen LogP contribution in [0.3, 0.4) is 0 Å². The Morgan fingerprint density at radius 1 is 1.50 bits per heavy atom. The van der Waals surface area contributed by atoms with E-state index in [0.29, 0.717) is 23.4 Å². The quantitative estimate of drug-likeness (QED) is 0.777. The molecule has 0 fully saturated rings. The number of aliphatic carboxylic acids is 1. The summed E-state index contributed by atoms with van der Waals surface area (Å²) in [6.07, 6.45) is 2.33. The van der Waals surface area contributed by atoms with Crippen molar-refractivity contribution in [3.63, 3.8) is 0 Å². The summed E-state index contributed by atoms with van der Waals surface area (Å²) in [6, 6.07) is 8.80. The number of carboxylic acid groups (broad SMARTS) is 1. The second-order valence-corrected chi connectivity index (χ2v) is 4.50. The minimum Gasteiger partial charge on any atom is -0.477 e. The van der Waals surface area contributed by atoms with Crippen LogP contribution in [0.5, 0.6) is 0 Å². The van der Waals surface area contributed by atoms with Crippen molar-refractivity contribution in [3.05, 3.63) is 41.2 Å². The molecule has 106 valence electrons. The highest BCUT2D eigenvalue weighted by atomic mass is 16.4. The van der Waals surface area contributed by atoms with E-state index in [1.54, 1.807) is 31.3 Å². The van der Waals surface area contributed by atoms with Crippen molar-refractivity contribution < 1.29 is 9.90 Å². The van der Waals surface area contributed by atoms with Crippen LogP contribution in [0.2, 0.25) is 0 Å². The van der Waals surface area contributed by atoms with E-state index in [1.807, 2.05) is 13.0 Å². The predicted molar refractivity (Wildman–Crippen MR) is 77.9 cm³/mol. The molecule has 0 unspecified atom stereocenters. The second kappa shape index (κ2) is 7.19. The lowest BCUT2D eigenvalue weighted by molar-refractivity contribution is -0.132. The molecule has 0 amide bonds. The van der Waals surface area contributed by atoms with Crippen LogP contribution < -0.4 is 10.6 Å². The number of rotatable bonds is 6. The van der Waals surface area contributed by atoms with Crippen molar-refractivity contribution in [3.8, 4) is 6.07 Å². The van der Waals surface area contributed by atoms with Gasteiger partial charge in [0.1, 0.15) is 5.70 Å². The summed E-state index contributed by atoms with van der Waals surface area (Å²) in [5, 5.41) is 18.3. The number of carbonyl (C=O) groups is 1. The lowest BCUT2D eigenvalue weighted by Crippen LogP contribution is -2.27. The van der Waals surface area contributed by atoms with E-state index in [-0.39, 0.29) is 5.70 Å². The van der Waals surface area contributed by atoms with Gasteiger partial charge in [0.15, 0.2) is 0 Å². The van der Waals surface area contributed by atoms with Crippen LogP contribution in [0.4, 0.5) is 5.69 Å². The van der Waals surface area contributed by atoms with Crippen molar-refractivity contribution in [2.75, 3.05) is 11.9 Å². The topological polar surface area (TPSA) is 90.3 Å². The number of anilines is 1. The van der Waals surface area contributed by atoms with Crippen molar-refractivity contribution in [1.82, 2.24) is 0 Å². The molecule has 5 heteroatoms. The van der Waals surface area contributed by atoms with E-state index in [1.165, 1.54) is 4.90 Å². The largest absolute Gasteiger partial charge is 0.477 e. The van der Waals surface area contributed by atoms with Gasteiger partial charge in [-0.15, -0.1) is 0 Å². The molecule has 0 aliphatic carbocycles. The van der Waals surface area contributed by atoms with E-state index in [0.717, 1.165) is 12.8 Å². The Hall–Kier alpha value is -2.48. The zero-order valence-electron chi connectivity index (χ0n) is 11.8. The number of hydrogen-bond acceptors (Lipinski definition) is 4. The zero-order valence-corrected chi connectivity index (χ0v) is 11.8. The van der Waals surface area contributed by atoms with Crippen molar-refractivity contribution >= 4 is 11.7 Å². The highest BCUT2D eigenvalue weighted by Crippen LogP contribution is 2.21. The maximum absolute atomic E-state index is 11.4. The molecular weight excluding hydrogens is 254 g/mol. The zero-order chi connectivity index (χ0) is 15.1. The van der Waals surface area contributed by atoms with Crippen LogP contribution in [0.1, 0.15) is 31.7 Å². The number of hydrogen-bond donors (Lipinski definition) is 2. The first-order valence-corrected chi connectivity index (χ1v) is 6.47. The van der Waals surface area contributed by atoms with Crippen LogP contribution in [0.15, 0.2) is 35.7 Å². The Labute approximate surface area is 118 Å². The van der Waals surface area contributed by atoms with Gasteiger partial charge in [0.05, 0.1) is 11.6 Å². The fourth-order valence-electron chi connectivity index (χ4n) is 1.90. The van der Waals surface area contributed by atoms with Gasteiger partial charge in [-0.3, -0.25) is 0 Å². The van der Waals surface area contributed by atoms with Crippen molar-refractivity contribution in [2.24, 2.45) is 5.73 Å². The molecule has 0 aliphatic heterocycles. The number of likely N-dealkylation sites (N-methyl/N-ethyl adjacent to an activating group) is 1. The fourth-order valence-corrected chi connectivity index (χ4v) is 1.90. The van der Waals surface area contributed by atoms with Crippen LogP contribution in [0, 0.1) is 11.3 Å². The molecule has 0 atom stereocenters. The van der Waals surface area contributed by atoms with Crippen LogP contribution in [0.25, 0.3) is 0 Å². The van der Waals surface area contributed by atoms with Crippen molar-refractivity contribution in [2.45, 2.75) is 26.2 Å². The average Bonchev–Trinajstić information content (AvgIpc) is 2.44. The smallest absolute Gasteiger partial charge is 0.354 e. The SMILES string of the molecule is CCCCC(N)=C(C(=O)O)N(C)c1cccc(C#N)c1. The molecule has 0 aromatic heterocycles. The standard InChI is InChI=1S/C15H19N3O2/c1-3-4-8-13(17)14(15(19)20)18(2)12-7-5-6-11(9-12)10-16/h5-7,9H,3-4,8,17H2,1-2H3,(H,19,20). The maximum Gasteiger partial charge on any atom is 0.354 e. The number of unbranched alkanes of at least 4 members (excludes halogenated alkanes) is 1. The summed E-state index contributed by atoms with van der Waals surface area (Å²) < 4.78 is 0. The van der Waals surface area contributed by atoms with Gasteiger partial charge in [-0.2, -0.15) is 5.26 Å². The number of nitrogens with two attached hydrogens (primary N) is 1. The lowest BCUT2D eigenvalue weighted by atomic mass is 10.1. The van der Waals surface area contributed by atoms with Gasteiger partial charge in [0.2, 0.25) is 0 Å². The van der Waals surface area contributed by atoms with Crippen LogP contribution in [-0.2, 0) is 4.79 Å². The first kappa shape index (κ1) is 15.6. The van der Waals surface area contributed by atoms with E-state index in [4.69, 9.17) is 11.0 Å². The number of nitriles is 1. The third-order valence-corrected chi connectivity index (χ3v) is 3.00. The number of carboxylic acids is 1. The van der Waals surface area contributed by atoms with E-state index in [2.05, 4.69) is 0 Å². The molecule has 0 heterocycles. The van der Waals surface area contributed by atoms with E-state index >= 15 is 0 Å². The molecule has 0 bridgehead atoms. The van der Waals surface area contributed by atoms with Gasteiger partial charge in [0.25, 0.3) is 0 Å². The minimum absolute atomic E-state index is 0.0635. The molecule has 5 nitrogen and oxygen atoms in total. The third kappa shape index (κ3) is 3.75. The maximum atomic E-state index is 11.4. The first-order chi connectivity index (χ1) is 9.51. The summed E-state index contributed by atoms with van der Waals surface area (Å²) >= 11 is 0. The average molecular weight is 273 g/mol. The fraction of sp³-hybridized carbons (Fsp3) is 0.333. The van der Waals surface area contributed by atoms with Crippen LogP contribution >= 0.6 is 0 Å². The van der Waals surface area contributed by atoms with Gasteiger partial charge in [-0.25, -0.2) is 4.79 Å². The highest BCUT2D eigenvalue weighted by molar-refractivity contribution is 5.91. The van der Waals surface area contributed by atoms with Crippen LogP contribution in [-0.4, -0.2) is 18.1 Å². The molecule has 0 radical (unpaired) electrons. The Morgan fingerprint density at radius 2 is 2.20 bits per heavy atom. The molecule has 20 heavy (non-hydrogen) atoms. The summed E-state index contributed by atoms with van der Waals surface area (Å²) in [6.45, 7) is 2.02. The summed E-state index contributed by atoms with van der Waals surface area (Å²) in [5.41, 5.74) is 7.42. The van der Waals surface area contributed by atoms with Gasteiger partial charge >= 0.3 is 5.97 Å². The van der Waals surface area contributed by atoms with Gasteiger partial charge in [0, 0.05) is 18.4 Å². The number of nitrogens with zero attached hydrogens (tertiary/aromatic N) is 2. The van der Waals surface area contributed by atoms with E-state index < -0.39 is 5.97 Å². The normalized spacial score (nSPS) is 11.4. The van der Waals surface area contributed by atoms with Crippen molar-refractivity contribution in [1.29, 1.82) is 5.26 Å². The highest BCUT2D eigenvalue weighted by Gasteiger charge is 2.18. The van der Waals surface area contributed by atoms with E-state index in [9.17, 15) is 9.90 Å². The molecule has 1 aromatic rings. The third-order valence-electron chi connectivity index (χ3n) is 3.00. The second-order valence-electron chi connectivity index (χ2n) is 4.50. The molecule has 0 saturated carbocycles. The molecule has 1 rings (SSSR count). The summed E-state index contributed by atoms with van der Waals surface area (Å²) in [7, 11) is 1.64.